The first-order valence-corrected chi connectivity index (χ1v) is 7.41. The third-order valence-electron chi connectivity index (χ3n) is 3.60. The molecule has 0 unspecified atom stereocenters. The van der Waals surface area contributed by atoms with Gasteiger partial charge in [0.05, 0.1) is 12.0 Å². The highest BCUT2D eigenvalue weighted by molar-refractivity contribution is 5.79. The molecule has 2 atom stereocenters. The molecular formula is C14H19F3N4O2. The van der Waals surface area contributed by atoms with Gasteiger partial charge in [-0.1, -0.05) is 0 Å². The molecule has 0 aliphatic carbocycles. The molecule has 0 spiro atoms. The van der Waals surface area contributed by atoms with E-state index in [1.54, 1.807) is 0 Å². The standard InChI is InChI=1S/C14H19F3N4O2/c1-9-10(3-2-8-23-9)12(22)18-6-7-20-13-19-5-4-11(21-13)14(15,16)17/h4-5,9-10H,2-3,6-8H2,1H3,(H,18,22)(H,19,20,21)/t9-,10-/m0/s1. The zero-order valence-electron chi connectivity index (χ0n) is 12.7. The van der Waals surface area contributed by atoms with Gasteiger partial charge in [0.2, 0.25) is 11.9 Å². The van der Waals surface area contributed by atoms with Gasteiger partial charge in [-0.05, 0) is 25.8 Å². The van der Waals surface area contributed by atoms with Gasteiger partial charge in [0, 0.05) is 25.9 Å². The monoisotopic (exact) mass is 332 g/mol. The predicted octanol–water partition coefficient (Wildman–Crippen LogP) is 1.84. The Balaban J connectivity index is 1.76. The number of halogens is 3. The third-order valence-corrected chi connectivity index (χ3v) is 3.60. The van der Waals surface area contributed by atoms with E-state index in [1.165, 1.54) is 0 Å². The summed E-state index contributed by atoms with van der Waals surface area (Å²) in [4.78, 5) is 19.1. The van der Waals surface area contributed by atoms with Crippen molar-refractivity contribution in [3.63, 3.8) is 0 Å². The number of carbonyl (C=O) groups excluding carboxylic acids is 1. The number of carbonyl (C=O) groups is 1. The first kappa shape index (κ1) is 17.5. The van der Waals surface area contributed by atoms with Crippen molar-refractivity contribution in [1.82, 2.24) is 15.3 Å². The summed E-state index contributed by atoms with van der Waals surface area (Å²) in [7, 11) is 0. The highest BCUT2D eigenvalue weighted by atomic mass is 19.4. The van der Waals surface area contributed by atoms with Crippen molar-refractivity contribution in [2.75, 3.05) is 25.0 Å². The van der Waals surface area contributed by atoms with Gasteiger partial charge in [-0.25, -0.2) is 9.97 Å². The van der Waals surface area contributed by atoms with Gasteiger partial charge < -0.3 is 15.4 Å². The van der Waals surface area contributed by atoms with Crippen LogP contribution >= 0.6 is 0 Å². The fourth-order valence-corrected chi connectivity index (χ4v) is 2.36. The number of amides is 1. The minimum Gasteiger partial charge on any atom is -0.378 e. The van der Waals surface area contributed by atoms with Crippen molar-refractivity contribution in [2.45, 2.75) is 32.0 Å². The van der Waals surface area contributed by atoms with E-state index in [4.69, 9.17) is 4.74 Å². The van der Waals surface area contributed by atoms with Crippen molar-refractivity contribution < 1.29 is 22.7 Å². The van der Waals surface area contributed by atoms with Crippen LogP contribution in [-0.4, -0.2) is 41.7 Å². The van der Waals surface area contributed by atoms with E-state index in [2.05, 4.69) is 20.6 Å². The Bertz CT molecular complexity index is 539. The van der Waals surface area contributed by atoms with E-state index in [0.717, 1.165) is 25.1 Å². The first-order chi connectivity index (χ1) is 10.9. The van der Waals surface area contributed by atoms with E-state index in [-0.39, 0.29) is 37.0 Å². The maximum absolute atomic E-state index is 12.5. The van der Waals surface area contributed by atoms with Crippen LogP contribution in [0.15, 0.2) is 12.3 Å². The molecule has 1 aliphatic heterocycles. The minimum absolute atomic E-state index is 0.107. The first-order valence-electron chi connectivity index (χ1n) is 7.41. The van der Waals surface area contributed by atoms with Crippen LogP contribution in [0, 0.1) is 5.92 Å². The summed E-state index contributed by atoms with van der Waals surface area (Å²) in [6.45, 7) is 3.02. The zero-order chi connectivity index (χ0) is 16.9. The number of aromatic nitrogens is 2. The average molecular weight is 332 g/mol. The lowest BCUT2D eigenvalue weighted by Gasteiger charge is -2.28. The summed E-state index contributed by atoms with van der Waals surface area (Å²) in [5.41, 5.74) is -1.01. The molecule has 0 bridgehead atoms. The Morgan fingerprint density at radius 1 is 1.43 bits per heavy atom. The van der Waals surface area contributed by atoms with Crippen LogP contribution in [0.2, 0.25) is 0 Å². The summed E-state index contributed by atoms with van der Waals surface area (Å²) in [5, 5.41) is 5.40. The minimum atomic E-state index is -4.51. The molecular weight excluding hydrogens is 313 g/mol. The van der Waals surface area contributed by atoms with Crippen molar-refractivity contribution >= 4 is 11.9 Å². The Labute approximate surface area is 131 Å². The summed E-state index contributed by atoms with van der Waals surface area (Å²) >= 11 is 0. The van der Waals surface area contributed by atoms with Gasteiger partial charge in [-0.3, -0.25) is 4.79 Å². The second kappa shape index (κ2) is 7.58. The molecule has 128 valence electrons. The van der Waals surface area contributed by atoms with Gasteiger partial charge in [-0.2, -0.15) is 13.2 Å². The number of alkyl halides is 3. The molecule has 1 aromatic heterocycles. The molecule has 2 N–H and O–H groups in total. The third kappa shape index (κ3) is 5.05. The number of hydrogen-bond donors (Lipinski definition) is 2. The molecule has 1 aliphatic rings. The largest absolute Gasteiger partial charge is 0.433 e. The topological polar surface area (TPSA) is 76.1 Å². The van der Waals surface area contributed by atoms with Crippen LogP contribution in [-0.2, 0) is 15.7 Å². The highest BCUT2D eigenvalue weighted by Crippen LogP contribution is 2.27. The lowest BCUT2D eigenvalue weighted by molar-refractivity contribution is -0.141. The molecule has 23 heavy (non-hydrogen) atoms. The van der Waals surface area contributed by atoms with Crippen molar-refractivity contribution in [3.8, 4) is 0 Å². The van der Waals surface area contributed by atoms with Crippen LogP contribution in [0.25, 0.3) is 0 Å². The van der Waals surface area contributed by atoms with E-state index in [0.29, 0.717) is 6.61 Å². The molecule has 0 aromatic carbocycles. The lowest BCUT2D eigenvalue weighted by atomic mass is 9.94. The van der Waals surface area contributed by atoms with Crippen molar-refractivity contribution in [2.24, 2.45) is 5.92 Å². The summed E-state index contributed by atoms with van der Waals surface area (Å²) in [6.07, 6.45) is -1.97. The van der Waals surface area contributed by atoms with Gasteiger partial charge in [0.25, 0.3) is 0 Å². The Morgan fingerprint density at radius 3 is 2.91 bits per heavy atom. The molecule has 9 heteroatoms. The number of anilines is 1. The quantitative estimate of drug-likeness (QED) is 0.805. The summed E-state index contributed by atoms with van der Waals surface area (Å²) in [6, 6.07) is 0.803. The normalized spacial score (nSPS) is 21.7. The average Bonchev–Trinajstić information content (AvgIpc) is 2.51. The van der Waals surface area contributed by atoms with Gasteiger partial charge >= 0.3 is 6.18 Å². The molecule has 0 radical (unpaired) electrons. The van der Waals surface area contributed by atoms with Crippen LogP contribution in [0.5, 0.6) is 0 Å². The van der Waals surface area contributed by atoms with E-state index in [1.807, 2.05) is 6.92 Å². The molecule has 1 fully saturated rings. The zero-order valence-corrected chi connectivity index (χ0v) is 12.7. The number of hydrogen-bond acceptors (Lipinski definition) is 5. The Morgan fingerprint density at radius 2 is 2.22 bits per heavy atom. The maximum Gasteiger partial charge on any atom is 0.433 e. The van der Waals surface area contributed by atoms with Crippen LogP contribution in [0.4, 0.5) is 19.1 Å². The summed E-state index contributed by atoms with van der Waals surface area (Å²) in [5.74, 6) is -0.416. The Hall–Kier alpha value is -1.90. The Kier molecular flexibility index (Phi) is 5.75. The number of rotatable bonds is 5. The smallest absolute Gasteiger partial charge is 0.378 e. The highest BCUT2D eigenvalue weighted by Gasteiger charge is 2.32. The van der Waals surface area contributed by atoms with Gasteiger partial charge in [-0.15, -0.1) is 0 Å². The second-order valence-electron chi connectivity index (χ2n) is 5.31. The fourth-order valence-electron chi connectivity index (χ4n) is 2.36. The maximum atomic E-state index is 12.5. The molecule has 1 aromatic rings. The van der Waals surface area contributed by atoms with Crippen LogP contribution in [0.1, 0.15) is 25.5 Å². The SMILES string of the molecule is C[C@@H]1OCCC[C@@H]1C(=O)NCCNc1nccc(C(F)(F)F)n1. The van der Waals surface area contributed by atoms with E-state index in [9.17, 15) is 18.0 Å². The predicted molar refractivity (Wildman–Crippen MR) is 76.7 cm³/mol. The molecule has 2 heterocycles. The number of ether oxygens (including phenoxy) is 1. The number of nitrogens with zero attached hydrogens (tertiary/aromatic N) is 2. The van der Waals surface area contributed by atoms with Crippen LogP contribution in [0.3, 0.4) is 0 Å². The lowest BCUT2D eigenvalue weighted by Crippen LogP contribution is -2.41. The van der Waals surface area contributed by atoms with E-state index >= 15 is 0 Å². The van der Waals surface area contributed by atoms with Crippen molar-refractivity contribution in [1.29, 1.82) is 0 Å². The molecule has 6 nitrogen and oxygen atoms in total. The van der Waals surface area contributed by atoms with Gasteiger partial charge in [0.15, 0.2) is 0 Å². The van der Waals surface area contributed by atoms with Crippen LogP contribution < -0.4 is 10.6 Å². The van der Waals surface area contributed by atoms with Crippen molar-refractivity contribution in [3.05, 3.63) is 18.0 Å². The van der Waals surface area contributed by atoms with E-state index < -0.39 is 11.9 Å². The number of nitrogens with one attached hydrogen (secondary N) is 2. The molecule has 0 saturated carbocycles. The second-order valence-corrected chi connectivity index (χ2v) is 5.31. The summed E-state index contributed by atoms with van der Waals surface area (Å²) < 4.78 is 43.0. The molecule has 1 saturated heterocycles. The fraction of sp³-hybridized carbons (Fsp3) is 0.643. The molecule has 2 rings (SSSR count). The van der Waals surface area contributed by atoms with Gasteiger partial charge in [0.1, 0.15) is 5.69 Å². The molecule has 1 amide bonds.